The fourth-order valence-electron chi connectivity index (χ4n) is 2.63. The second-order valence-electron chi connectivity index (χ2n) is 5.02. The van der Waals surface area contributed by atoms with E-state index in [0.717, 1.165) is 42.8 Å². The van der Waals surface area contributed by atoms with Crippen LogP contribution in [0.3, 0.4) is 0 Å². The fourth-order valence-corrected chi connectivity index (χ4v) is 2.63. The van der Waals surface area contributed by atoms with Gasteiger partial charge in [0, 0.05) is 20.3 Å². The maximum absolute atomic E-state index is 11.7. The van der Waals surface area contributed by atoms with E-state index < -0.39 is 0 Å². The lowest BCUT2D eigenvalue weighted by molar-refractivity contribution is 0.0674. The van der Waals surface area contributed by atoms with E-state index in [1.54, 1.807) is 13.1 Å². The number of hydrogen-bond acceptors (Lipinski definition) is 4. The minimum Gasteiger partial charge on any atom is -0.381 e. The topological polar surface area (TPSA) is 69.0 Å². The molecule has 0 radical (unpaired) electrons. The number of carbonyl (C=O) groups excluding carboxylic acids is 1. The van der Waals surface area contributed by atoms with Gasteiger partial charge in [-0.15, -0.1) is 0 Å². The van der Waals surface area contributed by atoms with E-state index >= 15 is 0 Å². The highest BCUT2D eigenvalue weighted by Crippen LogP contribution is 2.26. The standard InChI is InChI=1S/C14H18N4O2/c1-9-13-12(4-3-11(16-13)14(19)15-2)18(17-9)10-5-7-20-8-6-10/h3-4,10H,5-8H2,1-2H3,(H,15,19). The van der Waals surface area contributed by atoms with Gasteiger partial charge < -0.3 is 10.1 Å². The highest BCUT2D eigenvalue weighted by molar-refractivity contribution is 5.94. The van der Waals surface area contributed by atoms with Crippen LogP contribution in [-0.2, 0) is 4.74 Å². The second-order valence-corrected chi connectivity index (χ2v) is 5.02. The molecule has 3 heterocycles. The largest absolute Gasteiger partial charge is 0.381 e. The van der Waals surface area contributed by atoms with Crippen LogP contribution in [0.25, 0.3) is 11.0 Å². The zero-order valence-electron chi connectivity index (χ0n) is 11.7. The minimum absolute atomic E-state index is 0.176. The molecule has 1 N–H and O–H groups in total. The molecule has 3 rings (SSSR count). The number of aryl methyl sites for hydroxylation is 1. The third-order valence-electron chi connectivity index (χ3n) is 3.72. The molecule has 1 fully saturated rings. The van der Waals surface area contributed by atoms with Gasteiger partial charge in [-0.3, -0.25) is 9.48 Å². The molecule has 0 aliphatic carbocycles. The molecule has 0 bridgehead atoms. The molecule has 1 aliphatic rings. The van der Waals surface area contributed by atoms with E-state index in [9.17, 15) is 4.79 Å². The first-order valence-electron chi connectivity index (χ1n) is 6.86. The van der Waals surface area contributed by atoms with Gasteiger partial charge in [0.25, 0.3) is 5.91 Å². The molecule has 6 nitrogen and oxygen atoms in total. The molecule has 0 unspecified atom stereocenters. The minimum atomic E-state index is -0.176. The Morgan fingerprint density at radius 3 is 2.85 bits per heavy atom. The molecule has 1 aliphatic heterocycles. The quantitative estimate of drug-likeness (QED) is 0.900. The van der Waals surface area contributed by atoms with Gasteiger partial charge in [0.15, 0.2) is 0 Å². The lowest BCUT2D eigenvalue weighted by Gasteiger charge is -2.23. The number of hydrogen-bond donors (Lipinski definition) is 1. The molecular formula is C14H18N4O2. The number of pyridine rings is 1. The molecule has 106 valence electrons. The average Bonchev–Trinajstić information content (AvgIpc) is 2.84. The van der Waals surface area contributed by atoms with Gasteiger partial charge in [0.05, 0.1) is 17.3 Å². The number of aromatic nitrogens is 3. The number of nitrogens with zero attached hydrogens (tertiary/aromatic N) is 3. The Hall–Kier alpha value is -1.95. The Kier molecular flexibility index (Phi) is 3.40. The summed E-state index contributed by atoms with van der Waals surface area (Å²) in [6, 6.07) is 4.04. The molecule has 20 heavy (non-hydrogen) atoms. The van der Waals surface area contributed by atoms with E-state index in [0.29, 0.717) is 11.7 Å². The first-order chi connectivity index (χ1) is 9.70. The van der Waals surface area contributed by atoms with Crippen LogP contribution in [0.15, 0.2) is 12.1 Å². The number of nitrogens with one attached hydrogen (secondary N) is 1. The summed E-state index contributed by atoms with van der Waals surface area (Å²) in [5.41, 5.74) is 3.08. The van der Waals surface area contributed by atoms with Crippen LogP contribution in [-0.4, -0.2) is 40.9 Å². The zero-order valence-corrected chi connectivity index (χ0v) is 11.7. The van der Waals surface area contributed by atoms with Crippen molar-refractivity contribution in [2.45, 2.75) is 25.8 Å². The summed E-state index contributed by atoms with van der Waals surface area (Å²) >= 11 is 0. The van der Waals surface area contributed by atoms with Gasteiger partial charge in [-0.05, 0) is 31.9 Å². The van der Waals surface area contributed by atoms with Crippen LogP contribution in [0.4, 0.5) is 0 Å². The van der Waals surface area contributed by atoms with E-state index in [4.69, 9.17) is 4.74 Å². The third kappa shape index (κ3) is 2.16. The summed E-state index contributed by atoms with van der Waals surface area (Å²) in [6.07, 6.45) is 1.93. The van der Waals surface area contributed by atoms with Crippen LogP contribution in [0.2, 0.25) is 0 Å². The van der Waals surface area contributed by atoms with E-state index in [-0.39, 0.29) is 5.91 Å². The van der Waals surface area contributed by atoms with Crippen LogP contribution in [0.5, 0.6) is 0 Å². The van der Waals surface area contributed by atoms with Crippen molar-refractivity contribution in [3.63, 3.8) is 0 Å². The van der Waals surface area contributed by atoms with Crippen molar-refractivity contribution in [3.05, 3.63) is 23.5 Å². The van der Waals surface area contributed by atoms with Gasteiger partial charge in [0.2, 0.25) is 0 Å². The van der Waals surface area contributed by atoms with Gasteiger partial charge in [-0.25, -0.2) is 4.98 Å². The molecular weight excluding hydrogens is 256 g/mol. The summed E-state index contributed by atoms with van der Waals surface area (Å²) in [4.78, 5) is 16.1. The van der Waals surface area contributed by atoms with Crippen molar-refractivity contribution in [2.75, 3.05) is 20.3 Å². The first-order valence-corrected chi connectivity index (χ1v) is 6.86. The first kappa shape index (κ1) is 13.1. The molecule has 6 heteroatoms. The maximum atomic E-state index is 11.7. The summed E-state index contributed by atoms with van der Waals surface area (Å²) in [7, 11) is 1.60. The number of rotatable bonds is 2. The number of carbonyl (C=O) groups is 1. The molecule has 1 amide bonds. The molecule has 0 aromatic carbocycles. The van der Waals surface area contributed by atoms with Gasteiger partial charge in [-0.2, -0.15) is 5.10 Å². The summed E-state index contributed by atoms with van der Waals surface area (Å²) in [6.45, 7) is 3.47. The van der Waals surface area contributed by atoms with Gasteiger partial charge in [0.1, 0.15) is 11.2 Å². The smallest absolute Gasteiger partial charge is 0.269 e. The monoisotopic (exact) mass is 274 g/mol. The number of fused-ring (bicyclic) bond motifs is 1. The Morgan fingerprint density at radius 1 is 1.40 bits per heavy atom. The van der Waals surface area contributed by atoms with Crippen LogP contribution < -0.4 is 5.32 Å². The lowest BCUT2D eigenvalue weighted by atomic mass is 10.1. The zero-order chi connectivity index (χ0) is 14.1. The molecule has 2 aromatic rings. The molecule has 0 saturated carbocycles. The van der Waals surface area contributed by atoms with E-state index in [1.807, 2.05) is 17.7 Å². The van der Waals surface area contributed by atoms with E-state index in [1.165, 1.54) is 0 Å². The SMILES string of the molecule is CNC(=O)c1ccc2c(n1)c(C)nn2C1CCOCC1. The highest BCUT2D eigenvalue weighted by Gasteiger charge is 2.21. The predicted octanol–water partition coefficient (Wildman–Crippen LogP) is 1.45. The van der Waals surface area contributed by atoms with Crippen molar-refractivity contribution in [3.8, 4) is 0 Å². The molecule has 0 atom stereocenters. The van der Waals surface area contributed by atoms with Crippen LogP contribution in [0, 0.1) is 6.92 Å². The third-order valence-corrected chi connectivity index (χ3v) is 3.72. The predicted molar refractivity (Wildman–Crippen MR) is 74.7 cm³/mol. The van der Waals surface area contributed by atoms with Crippen molar-refractivity contribution >= 4 is 16.9 Å². The average molecular weight is 274 g/mol. The van der Waals surface area contributed by atoms with Crippen molar-refractivity contribution in [1.29, 1.82) is 0 Å². The summed E-state index contributed by atoms with van der Waals surface area (Å²) in [5, 5.41) is 7.20. The van der Waals surface area contributed by atoms with E-state index in [2.05, 4.69) is 15.4 Å². The van der Waals surface area contributed by atoms with Gasteiger partial charge >= 0.3 is 0 Å². The molecule has 2 aromatic heterocycles. The lowest BCUT2D eigenvalue weighted by Crippen LogP contribution is -2.21. The molecule has 0 spiro atoms. The summed E-state index contributed by atoms with van der Waals surface area (Å²) in [5.74, 6) is -0.176. The van der Waals surface area contributed by atoms with Crippen molar-refractivity contribution < 1.29 is 9.53 Å². The van der Waals surface area contributed by atoms with Crippen molar-refractivity contribution in [2.24, 2.45) is 0 Å². The maximum Gasteiger partial charge on any atom is 0.269 e. The Morgan fingerprint density at radius 2 is 2.15 bits per heavy atom. The van der Waals surface area contributed by atoms with Crippen LogP contribution in [0.1, 0.15) is 35.1 Å². The van der Waals surface area contributed by atoms with Crippen molar-refractivity contribution in [1.82, 2.24) is 20.1 Å². The second kappa shape index (κ2) is 5.20. The Bertz CT molecular complexity index is 644. The normalized spacial score (nSPS) is 16.5. The number of ether oxygens (including phenoxy) is 1. The Balaban J connectivity index is 2.05. The van der Waals surface area contributed by atoms with Gasteiger partial charge in [-0.1, -0.05) is 0 Å². The number of amides is 1. The fraction of sp³-hybridized carbons (Fsp3) is 0.500. The summed E-state index contributed by atoms with van der Waals surface area (Å²) < 4.78 is 7.43. The Labute approximate surface area is 117 Å². The van der Waals surface area contributed by atoms with Crippen LogP contribution >= 0.6 is 0 Å². The molecule has 1 saturated heterocycles. The highest BCUT2D eigenvalue weighted by atomic mass is 16.5.